The number of nitrogens with one attached hydrogen (secondary N) is 1. The van der Waals surface area contributed by atoms with Gasteiger partial charge in [0.2, 0.25) is 5.82 Å². The number of benzene rings is 1. The molecule has 3 heterocycles. The number of carbonyl (C=O) groups excluding carboxylic acids is 1. The predicted octanol–water partition coefficient (Wildman–Crippen LogP) is 5.15. The second-order valence-electron chi connectivity index (χ2n) is 8.01. The van der Waals surface area contributed by atoms with Crippen molar-refractivity contribution in [1.82, 2.24) is 24.8 Å². The van der Waals surface area contributed by atoms with E-state index in [4.69, 9.17) is 11.6 Å². The zero-order chi connectivity index (χ0) is 23.9. The second kappa shape index (κ2) is 8.94. The number of rotatable bonds is 4. The molecule has 1 aliphatic heterocycles. The minimum atomic E-state index is -4.78. The van der Waals surface area contributed by atoms with Gasteiger partial charge in [0.15, 0.2) is 10.3 Å². The fourth-order valence-corrected chi connectivity index (χ4v) is 5.19. The number of nitrogens with zero attached hydrogens (tertiary/aromatic N) is 4. The van der Waals surface area contributed by atoms with Crippen LogP contribution in [0.15, 0.2) is 29.1 Å². The molecule has 2 amide bonds. The lowest BCUT2D eigenvalue weighted by Gasteiger charge is -2.23. The number of hydrogen-bond acceptors (Lipinski definition) is 5. The molecule has 12 heteroatoms. The van der Waals surface area contributed by atoms with Gasteiger partial charge in [0.25, 0.3) is 5.56 Å². The van der Waals surface area contributed by atoms with Crippen molar-refractivity contribution in [2.45, 2.75) is 51.5 Å². The van der Waals surface area contributed by atoms with E-state index in [-0.39, 0.29) is 22.9 Å². The lowest BCUT2D eigenvalue weighted by Crippen LogP contribution is -2.39. The summed E-state index contributed by atoms with van der Waals surface area (Å²) >= 11 is 7.06. The predicted molar refractivity (Wildman–Crippen MR) is 119 cm³/mol. The first-order chi connectivity index (χ1) is 15.6. The Labute approximate surface area is 196 Å². The molecule has 1 aromatic carbocycles. The van der Waals surface area contributed by atoms with Gasteiger partial charge in [0, 0.05) is 24.2 Å². The summed E-state index contributed by atoms with van der Waals surface area (Å²) < 4.78 is 41.2. The maximum absolute atomic E-state index is 13.5. The molecule has 0 unspecified atom stereocenters. The van der Waals surface area contributed by atoms with E-state index in [1.807, 2.05) is 6.07 Å². The van der Waals surface area contributed by atoms with E-state index < -0.39 is 29.6 Å². The number of alkyl halides is 3. The standard InChI is InChI=1S/C21H21ClF3N5O2S/c1-11(2)30-18(31)15-17(28-19(30)21(23,24)25)33-16(27-15)14-8-5-9-29(14)20(32)26-10-12-6-3-4-7-13(12)22/h3-4,6-7,11,14H,5,8-10H2,1-2H3,(H,26,32)/t14-/m1/s1. The Kier molecular flexibility index (Phi) is 6.37. The summed E-state index contributed by atoms with van der Waals surface area (Å²) in [6, 6.07) is 5.63. The highest BCUT2D eigenvalue weighted by molar-refractivity contribution is 7.18. The summed E-state index contributed by atoms with van der Waals surface area (Å²) in [5, 5.41) is 3.76. The average Bonchev–Trinajstić information content (AvgIpc) is 3.39. The minimum absolute atomic E-state index is 0.0810. The van der Waals surface area contributed by atoms with E-state index in [0.29, 0.717) is 34.0 Å². The molecule has 0 saturated carbocycles. The molecule has 7 nitrogen and oxygen atoms in total. The van der Waals surface area contributed by atoms with Gasteiger partial charge in [-0.3, -0.25) is 9.36 Å². The van der Waals surface area contributed by atoms with Gasteiger partial charge in [-0.2, -0.15) is 13.2 Å². The molecule has 0 aliphatic carbocycles. The molecule has 0 radical (unpaired) electrons. The number of hydrogen-bond donors (Lipinski definition) is 1. The van der Waals surface area contributed by atoms with Gasteiger partial charge in [-0.25, -0.2) is 14.8 Å². The van der Waals surface area contributed by atoms with E-state index >= 15 is 0 Å². The maximum atomic E-state index is 13.5. The Morgan fingerprint density at radius 1 is 1.30 bits per heavy atom. The zero-order valence-corrected chi connectivity index (χ0v) is 19.4. The van der Waals surface area contributed by atoms with Crippen LogP contribution in [0.2, 0.25) is 5.02 Å². The Morgan fingerprint density at radius 2 is 2.03 bits per heavy atom. The molecule has 1 atom stereocenters. The third-order valence-electron chi connectivity index (χ3n) is 5.44. The molecule has 1 aliphatic rings. The molecule has 0 spiro atoms. The van der Waals surface area contributed by atoms with Crippen LogP contribution in [0.4, 0.5) is 18.0 Å². The number of fused-ring (bicyclic) bond motifs is 1. The minimum Gasteiger partial charge on any atom is -0.334 e. The quantitative estimate of drug-likeness (QED) is 0.538. The van der Waals surface area contributed by atoms with E-state index in [0.717, 1.165) is 16.9 Å². The van der Waals surface area contributed by atoms with Crippen molar-refractivity contribution in [3.8, 4) is 0 Å². The first-order valence-electron chi connectivity index (χ1n) is 10.4. The molecule has 176 valence electrons. The molecule has 0 bridgehead atoms. The van der Waals surface area contributed by atoms with Gasteiger partial charge in [-0.15, -0.1) is 0 Å². The van der Waals surface area contributed by atoms with Crippen molar-refractivity contribution in [3.63, 3.8) is 0 Å². The van der Waals surface area contributed by atoms with Crippen LogP contribution >= 0.6 is 22.9 Å². The monoisotopic (exact) mass is 499 g/mol. The van der Waals surface area contributed by atoms with E-state index in [1.54, 1.807) is 23.1 Å². The first-order valence-corrected chi connectivity index (χ1v) is 11.6. The van der Waals surface area contributed by atoms with Crippen molar-refractivity contribution in [2.75, 3.05) is 6.54 Å². The maximum Gasteiger partial charge on any atom is 0.449 e. The number of urea groups is 1. The normalized spacial score (nSPS) is 16.7. The highest BCUT2D eigenvalue weighted by atomic mass is 35.5. The number of likely N-dealkylation sites (tertiary alicyclic amines) is 1. The molecular formula is C21H21ClF3N5O2S. The van der Waals surface area contributed by atoms with Crippen molar-refractivity contribution < 1.29 is 18.0 Å². The van der Waals surface area contributed by atoms with Gasteiger partial charge >= 0.3 is 12.2 Å². The summed E-state index contributed by atoms with van der Waals surface area (Å²) in [7, 11) is 0. The third kappa shape index (κ3) is 4.56. The highest BCUT2D eigenvalue weighted by Crippen LogP contribution is 2.37. The van der Waals surface area contributed by atoms with Crippen molar-refractivity contribution >= 4 is 39.3 Å². The highest BCUT2D eigenvalue weighted by Gasteiger charge is 2.39. The van der Waals surface area contributed by atoms with Crippen molar-refractivity contribution in [2.24, 2.45) is 0 Å². The van der Waals surface area contributed by atoms with Gasteiger partial charge in [0.1, 0.15) is 5.01 Å². The van der Waals surface area contributed by atoms with Crippen LogP contribution in [0.5, 0.6) is 0 Å². The van der Waals surface area contributed by atoms with Crippen LogP contribution in [0.25, 0.3) is 10.3 Å². The van der Waals surface area contributed by atoms with Gasteiger partial charge in [-0.05, 0) is 38.3 Å². The molecular weight excluding hydrogens is 479 g/mol. The summed E-state index contributed by atoms with van der Waals surface area (Å²) in [5.41, 5.74) is -0.182. The number of thiazole rings is 1. The van der Waals surface area contributed by atoms with Crippen molar-refractivity contribution in [1.29, 1.82) is 0 Å². The largest absolute Gasteiger partial charge is 0.449 e. The van der Waals surface area contributed by atoms with Crippen molar-refractivity contribution in [3.05, 3.63) is 56.0 Å². The lowest BCUT2D eigenvalue weighted by molar-refractivity contribution is -0.148. The number of halogens is 4. The van der Waals surface area contributed by atoms with Crippen LogP contribution in [-0.4, -0.2) is 32.0 Å². The number of amides is 2. The fourth-order valence-electron chi connectivity index (χ4n) is 3.91. The Morgan fingerprint density at radius 3 is 2.70 bits per heavy atom. The smallest absolute Gasteiger partial charge is 0.334 e. The third-order valence-corrected chi connectivity index (χ3v) is 6.86. The molecule has 1 saturated heterocycles. The summed E-state index contributed by atoms with van der Waals surface area (Å²) in [5.74, 6) is -1.24. The van der Waals surface area contributed by atoms with Gasteiger partial charge < -0.3 is 10.2 Å². The Hall–Kier alpha value is -2.66. The average molecular weight is 500 g/mol. The molecule has 4 rings (SSSR count). The van der Waals surface area contributed by atoms with Crippen LogP contribution < -0.4 is 10.9 Å². The van der Waals surface area contributed by atoms with Crippen LogP contribution in [0, 0.1) is 0 Å². The molecule has 1 fully saturated rings. The summed E-state index contributed by atoms with van der Waals surface area (Å²) in [6.07, 6.45) is -3.48. The molecule has 2 aromatic heterocycles. The topological polar surface area (TPSA) is 80.1 Å². The Balaban J connectivity index is 1.64. The number of aromatic nitrogens is 3. The van der Waals surface area contributed by atoms with Gasteiger partial charge in [-0.1, -0.05) is 41.1 Å². The van der Waals surface area contributed by atoms with E-state index in [1.165, 1.54) is 13.8 Å². The summed E-state index contributed by atoms with van der Waals surface area (Å²) in [6.45, 7) is 3.67. The van der Waals surface area contributed by atoms with Crippen LogP contribution in [0.3, 0.4) is 0 Å². The van der Waals surface area contributed by atoms with Crippen LogP contribution in [-0.2, 0) is 12.7 Å². The second-order valence-corrected chi connectivity index (χ2v) is 9.43. The summed E-state index contributed by atoms with van der Waals surface area (Å²) in [4.78, 5) is 35.3. The molecule has 1 N–H and O–H groups in total. The van der Waals surface area contributed by atoms with E-state index in [9.17, 15) is 22.8 Å². The van der Waals surface area contributed by atoms with Crippen LogP contribution in [0.1, 0.15) is 55.2 Å². The lowest BCUT2D eigenvalue weighted by atomic mass is 10.2. The fraction of sp³-hybridized carbons (Fsp3) is 0.429. The number of carbonyl (C=O) groups is 1. The van der Waals surface area contributed by atoms with Gasteiger partial charge in [0.05, 0.1) is 6.04 Å². The Bertz CT molecular complexity index is 1260. The SMILES string of the molecule is CC(C)n1c(C(F)(F)F)nc2sc([C@H]3CCCN3C(=O)NCc3ccccc3Cl)nc2c1=O. The van der Waals surface area contributed by atoms with E-state index in [2.05, 4.69) is 15.3 Å². The molecule has 3 aromatic rings. The molecule has 33 heavy (non-hydrogen) atoms. The zero-order valence-electron chi connectivity index (χ0n) is 17.8. The first kappa shape index (κ1) is 23.5.